The van der Waals surface area contributed by atoms with Gasteiger partial charge in [0.1, 0.15) is 9.84 Å². The van der Waals surface area contributed by atoms with Gasteiger partial charge in [-0.2, -0.15) is 0 Å². The van der Waals surface area contributed by atoms with Crippen LogP contribution in [0.25, 0.3) is 0 Å². The van der Waals surface area contributed by atoms with E-state index in [1.54, 1.807) is 20.2 Å². The Balaban J connectivity index is 2.56. The average molecular weight is 354 g/mol. The molecule has 0 fully saturated rings. The van der Waals surface area contributed by atoms with E-state index < -0.39 is 9.84 Å². The maximum absolute atomic E-state index is 11.6. The summed E-state index contributed by atoms with van der Waals surface area (Å²) in [5, 5.41) is 8.90. The molecule has 1 amide bonds. The molecule has 0 heterocycles. The Hall–Kier alpha value is -2.09. The van der Waals surface area contributed by atoms with E-state index in [-0.39, 0.29) is 17.7 Å². The first-order chi connectivity index (χ1) is 11.2. The number of benzene rings is 1. The number of nitrogens with zero attached hydrogens (tertiary/aromatic N) is 1. The minimum Gasteiger partial charge on any atom is -0.355 e. The number of nitrogens with one attached hydrogen (secondary N) is 3. The monoisotopic (exact) mass is 354 g/mol. The van der Waals surface area contributed by atoms with Crippen LogP contribution in [0.2, 0.25) is 0 Å². The first-order valence-corrected chi connectivity index (χ1v) is 9.77. The highest BCUT2D eigenvalue weighted by atomic mass is 32.2. The van der Waals surface area contributed by atoms with Crippen LogP contribution < -0.4 is 16.0 Å². The predicted molar refractivity (Wildman–Crippen MR) is 97.0 cm³/mol. The fraction of sp³-hybridized carbons (Fsp3) is 0.500. The second-order valence-electron chi connectivity index (χ2n) is 5.67. The summed E-state index contributed by atoms with van der Waals surface area (Å²) in [6, 6.07) is 7.28. The van der Waals surface area contributed by atoms with E-state index in [9.17, 15) is 13.2 Å². The van der Waals surface area contributed by atoms with Gasteiger partial charge in [-0.05, 0) is 31.0 Å². The molecule has 0 aliphatic heterocycles. The first kappa shape index (κ1) is 20.0. The lowest BCUT2D eigenvalue weighted by molar-refractivity contribution is 0.0963. The number of guanidine groups is 1. The molecule has 0 aromatic heterocycles. The predicted octanol–water partition coefficient (Wildman–Crippen LogP) is 0.534. The third-order valence-electron chi connectivity index (χ3n) is 3.40. The van der Waals surface area contributed by atoms with E-state index in [0.717, 1.165) is 5.56 Å². The molecule has 8 heteroatoms. The second-order valence-corrected chi connectivity index (χ2v) is 7.93. The van der Waals surface area contributed by atoms with Crippen LogP contribution in [0.5, 0.6) is 0 Å². The van der Waals surface area contributed by atoms with E-state index in [2.05, 4.69) is 20.9 Å². The normalized spacial score (nSPS) is 13.2. The van der Waals surface area contributed by atoms with Gasteiger partial charge in [0.15, 0.2) is 5.96 Å². The van der Waals surface area contributed by atoms with Crippen molar-refractivity contribution < 1.29 is 13.2 Å². The summed E-state index contributed by atoms with van der Waals surface area (Å²) < 4.78 is 22.4. The summed E-state index contributed by atoms with van der Waals surface area (Å²) in [6.45, 7) is 2.41. The molecule has 0 saturated heterocycles. The van der Waals surface area contributed by atoms with Crippen LogP contribution in [0.1, 0.15) is 29.3 Å². The minimum absolute atomic E-state index is 0.0249. The van der Waals surface area contributed by atoms with E-state index in [4.69, 9.17) is 0 Å². The van der Waals surface area contributed by atoms with Crippen molar-refractivity contribution >= 4 is 21.7 Å². The third kappa shape index (κ3) is 7.45. The largest absolute Gasteiger partial charge is 0.355 e. The highest BCUT2D eigenvalue weighted by Crippen LogP contribution is 2.05. The Morgan fingerprint density at radius 1 is 1.33 bits per heavy atom. The quantitative estimate of drug-likeness (QED) is 0.490. The second kappa shape index (κ2) is 9.27. The van der Waals surface area contributed by atoms with Crippen molar-refractivity contribution in [2.24, 2.45) is 4.99 Å². The molecule has 0 radical (unpaired) electrons. The van der Waals surface area contributed by atoms with Gasteiger partial charge in [0.2, 0.25) is 0 Å². The first-order valence-electron chi connectivity index (χ1n) is 7.71. The van der Waals surface area contributed by atoms with Crippen LogP contribution in [0.4, 0.5) is 0 Å². The molecule has 1 rings (SSSR count). The number of rotatable bonds is 7. The van der Waals surface area contributed by atoms with E-state index in [1.807, 2.05) is 25.1 Å². The van der Waals surface area contributed by atoms with E-state index in [1.165, 1.54) is 6.26 Å². The SMILES string of the molecule is CN=C(NCc1cccc(C(=O)NC)c1)NC(C)CCS(C)(=O)=O. The number of aliphatic imine (C=N–C) groups is 1. The molecule has 0 saturated carbocycles. The third-order valence-corrected chi connectivity index (χ3v) is 4.38. The number of carbonyl (C=O) groups excluding carboxylic acids is 1. The van der Waals surface area contributed by atoms with E-state index >= 15 is 0 Å². The highest BCUT2D eigenvalue weighted by molar-refractivity contribution is 7.90. The molecule has 0 aliphatic carbocycles. The Labute approximate surface area is 143 Å². The Morgan fingerprint density at radius 3 is 2.62 bits per heavy atom. The molecule has 3 N–H and O–H groups in total. The Kier molecular flexibility index (Phi) is 7.70. The molecule has 0 spiro atoms. The van der Waals surface area contributed by atoms with Gasteiger partial charge in [-0.15, -0.1) is 0 Å². The van der Waals surface area contributed by atoms with Crippen molar-refractivity contribution in [3.05, 3.63) is 35.4 Å². The lowest BCUT2D eigenvalue weighted by Gasteiger charge is -2.17. The van der Waals surface area contributed by atoms with Gasteiger partial charge in [-0.25, -0.2) is 8.42 Å². The fourth-order valence-electron chi connectivity index (χ4n) is 2.04. The molecule has 1 aromatic carbocycles. The maximum Gasteiger partial charge on any atom is 0.251 e. The van der Waals surface area contributed by atoms with Gasteiger partial charge in [-0.3, -0.25) is 9.79 Å². The van der Waals surface area contributed by atoms with Crippen LogP contribution in [0, 0.1) is 0 Å². The topological polar surface area (TPSA) is 99.7 Å². The molecule has 1 atom stereocenters. The Morgan fingerprint density at radius 2 is 2.04 bits per heavy atom. The standard InChI is InChI=1S/C16H26N4O3S/c1-12(8-9-24(4,22)23)20-16(18-3)19-11-13-6-5-7-14(10-13)15(21)17-2/h5-7,10,12H,8-9,11H2,1-4H3,(H,17,21)(H2,18,19,20). The average Bonchev–Trinajstić information content (AvgIpc) is 2.55. The lowest BCUT2D eigenvalue weighted by atomic mass is 10.1. The molecule has 1 aromatic rings. The van der Waals surface area contributed by atoms with Crippen molar-refractivity contribution in [1.82, 2.24) is 16.0 Å². The van der Waals surface area contributed by atoms with Gasteiger partial charge in [0.05, 0.1) is 5.75 Å². The summed E-state index contributed by atoms with van der Waals surface area (Å²) in [6.07, 6.45) is 1.73. The van der Waals surface area contributed by atoms with Crippen LogP contribution in [0.15, 0.2) is 29.3 Å². The molecule has 134 valence electrons. The van der Waals surface area contributed by atoms with Crippen molar-refractivity contribution in [1.29, 1.82) is 0 Å². The zero-order valence-corrected chi connectivity index (χ0v) is 15.4. The molecular formula is C16H26N4O3S. The number of hydrogen-bond acceptors (Lipinski definition) is 4. The summed E-state index contributed by atoms with van der Waals surface area (Å²) in [7, 11) is 0.276. The highest BCUT2D eigenvalue weighted by Gasteiger charge is 2.10. The van der Waals surface area contributed by atoms with Crippen LogP contribution >= 0.6 is 0 Å². The number of amides is 1. The zero-order chi connectivity index (χ0) is 18.2. The van der Waals surface area contributed by atoms with Crippen LogP contribution in [0.3, 0.4) is 0 Å². The van der Waals surface area contributed by atoms with E-state index in [0.29, 0.717) is 24.5 Å². The summed E-state index contributed by atoms with van der Waals surface area (Å²) in [4.78, 5) is 15.8. The molecule has 0 bridgehead atoms. The number of carbonyl (C=O) groups is 1. The maximum atomic E-state index is 11.6. The molecule has 7 nitrogen and oxygen atoms in total. The Bertz CT molecular complexity index is 686. The molecule has 1 unspecified atom stereocenters. The minimum atomic E-state index is -2.97. The van der Waals surface area contributed by atoms with Crippen molar-refractivity contribution in [2.45, 2.75) is 25.9 Å². The van der Waals surface area contributed by atoms with Crippen molar-refractivity contribution in [3.8, 4) is 0 Å². The fourth-order valence-corrected chi connectivity index (χ4v) is 2.83. The van der Waals surface area contributed by atoms with Crippen molar-refractivity contribution in [2.75, 3.05) is 26.1 Å². The van der Waals surface area contributed by atoms with Crippen molar-refractivity contribution in [3.63, 3.8) is 0 Å². The smallest absolute Gasteiger partial charge is 0.251 e. The molecule has 0 aliphatic rings. The van der Waals surface area contributed by atoms with Gasteiger partial charge >= 0.3 is 0 Å². The van der Waals surface area contributed by atoms with Gasteiger partial charge in [0, 0.05) is 38.5 Å². The summed E-state index contributed by atoms with van der Waals surface area (Å²) in [5.41, 5.74) is 1.55. The number of hydrogen-bond donors (Lipinski definition) is 3. The van der Waals surface area contributed by atoms with Gasteiger partial charge in [0.25, 0.3) is 5.91 Å². The molecular weight excluding hydrogens is 328 g/mol. The summed E-state index contributed by atoms with van der Waals surface area (Å²) >= 11 is 0. The lowest BCUT2D eigenvalue weighted by Crippen LogP contribution is -2.42. The zero-order valence-electron chi connectivity index (χ0n) is 14.6. The number of sulfone groups is 1. The van der Waals surface area contributed by atoms with Gasteiger partial charge in [-0.1, -0.05) is 12.1 Å². The summed E-state index contributed by atoms with van der Waals surface area (Å²) in [5.74, 6) is 0.585. The molecule has 24 heavy (non-hydrogen) atoms. The van der Waals surface area contributed by atoms with Gasteiger partial charge < -0.3 is 16.0 Å². The van der Waals surface area contributed by atoms with Crippen LogP contribution in [-0.2, 0) is 16.4 Å². The van der Waals surface area contributed by atoms with Crippen LogP contribution in [-0.4, -0.2) is 52.4 Å².